The monoisotopic (exact) mass is 276 g/mol. The van der Waals surface area contributed by atoms with Crippen LogP contribution in [-0.4, -0.2) is 19.1 Å². The lowest BCUT2D eigenvalue weighted by molar-refractivity contribution is -0.119. The van der Waals surface area contributed by atoms with Gasteiger partial charge in [0, 0.05) is 12.1 Å². The van der Waals surface area contributed by atoms with Gasteiger partial charge in [-0.15, -0.1) is 0 Å². The third-order valence-corrected chi connectivity index (χ3v) is 4.17. The fraction of sp³-hybridized carbons (Fsp3) is 0.562. The number of amides is 1. The molecule has 0 aromatic heterocycles. The van der Waals surface area contributed by atoms with Gasteiger partial charge in [-0.3, -0.25) is 4.79 Å². The Labute approximate surface area is 120 Å². The molecular formula is C16H24N2O2. The van der Waals surface area contributed by atoms with Crippen LogP contribution in [0.1, 0.15) is 38.2 Å². The average Bonchev–Trinajstić information content (AvgIpc) is 2.37. The van der Waals surface area contributed by atoms with Gasteiger partial charge in [0.15, 0.2) is 0 Å². The standard InChI is InChI=1S/C16H24N2O2/c1-3-20-13-5-6-14(12(2)9-13)18-15(19)10-16(11-17)7-4-8-16/h5-6,9H,3-4,7-8,10-11,17H2,1-2H3,(H,18,19). The van der Waals surface area contributed by atoms with Crippen molar-refractivity contribution in [2.24, 2.45) is 11.1 Å². The first-order valence-corrected chi connectivity index (χ1v) is 7.32. The van der Waals surface area contributed by atoms with Gasteiger partial charge in [-0.1, -0.05) is 6.42 Å². The van der Waals surface area contributed by atoms with Gasteiger partial charge in [0.1, 0.15) is 5.75 Å². The Balaban J connectivity index is 1.97. The van der Waals surface area contributed by atoms with Crippen molar-refractivity contribution in [1.82, 2.24) is 0 Å². The normalized spacial score (nSPS) is 16.4. The van der Waals surface area contributed by atoms with Gasteiger partial charge in [-0.05, 0) is 62.4 Å². The molecule has 1 aromatic rings. The molecule has 0 bridgehead atoms. The van der Waals surface area contributed by atoms with Crippen molar-refractivity contribution < 1.29 is 9.53 Å². The summed E-state index contributed by atoms with van der Waals surface area (Å²) in [5.41, 5.74) is 7.71. The molecule has 0 heterocycles. The summed E-state index contributed by atoms with van der Waals surface area (Å²) < 4.78 is 5.44. The number of rotatable bonds is 6. The van der Waals surface area contributed by atoms with Crippen LogP contribution in [0.5, 0.6) is 5.75 Å². The lowest BCUT2D eigenvalue weighted by Gasteiger charge is -2.40. The molecule has 1 aromatic carbocycles. The predicted octanol–water partition coefficient (Wildman–Crippen LogP) is 2.85. The van der Waals surface area contributed by atoms with Gasteiger partial charge in [-0.2, -0.15) is 0 Å². The first kappa shape index (κ1) is 14.9. The Kier molecular flexibility index (Phi) is 4.65. The predicted molar refractivity (Wildman–Crippen MR) is 80.9 cm³/mol. The van der Waals surface area contributed by atoms with Gasteiger partial charge >= 0.3 is 0 Å². The zero-order chi connectivity index (χ0) is 14.6. The van der Waals surface area contributed by atoms with Gasteiger partial charge in [0.05, 0.1) is 6.61 Å². The highest BCUT2D eigenvalue weighted by atomic mass is 16.5. The second kappa shape index (κ2) is 6.27. The van der Waals surface area contributed by atoms with Gasteiger partial charge in [-0.25, -0.2) is 0 Å². The summed E-state index contributed by atoms with van der Waals surface area (Å²) in [6.45, 7) is 5.17. The van der Waals surface area contributed by atoms with Crippen molar-refractivity contribution in [3.8, 4) is 5.75 Å². The second-order valence-electron chi connectivity index (χ2n) is 5.69. The Hall–Kier alpha value is -1.55. The van der Waals surface area contributed by atoms with E-state index in [1.807, 2.05) is 32.0 Å². The molecule has 0 radical (unpaired) electrons. The molecule has 0 aliphatic heterocycles. The topological polar surface area (TPSA) is 64.3 Å². The molecule has 0 saturated heterocycles. The summed E-state index contributed by atoms with van der Waals surface area (Å²) >= 11 is 0. The highest BCUT2D eigenvalue weighted by Crippen LogP contribution is 2.43. The fourth-order valence-corrected chi connectivity index (χ4v) is 2.70. The minimum atomic E-state index is 0.0449. The first-order chi connectivity index (χ1) is 9.58. The van der Waals surface area contributed by atoms with Crippen LogP contribution in [0.15, 0.2) is 18.2 Å². The van der Waals surface area contributed by atoms with Gasteiger partial charge < -0.3 is 15.8 Å². The lowest BCUT2D eigenvalue weighted by Crippen LogP contribution is -2.40. The van der Waals surface area contributed by atoms with Crippen molar-refractivity contribution >= 4 is 11.6 Å². The maximum absolute atomic E-state index is 12.1. The Morgan fingerprint density at radius 1 is 1.45 bits per heavy atom. The minimum absolute atomic E-state index is 0.0449. The van der Waals surface area contributed by atoms with E-state index in [1.165, 1.54) is 6.42 Å². The third-order valence-electron chi connectivity index (χ3n) is 4.17. The number of aryl methyl sites for hydroxylation is 1. The maximum Gasteiger partial charge on any atom is 0.224 e. The summed E-state index contributed by atoms with van der Waals surface area (Å²) in [6, 6.07) is 5.73. The summed E-state index contributed by atoms with van der Waals surface area (Å²) in [7, 11) is 0. The van der Waals surface area contributed by atoms with E-state index in [-0.39, 0.29) is 11.3 Å². The first-order valence-electron chi connectivity index (χ1n) is 7.32. The van der Waals surface area contributed by atoms with E-state index in [1.54, 1.807) is 0 Å². The summed E-state index contributed by atoms with van der Waals surface area (Å²) in [4.78, 5) is 12.1. The van der Waals surface area contributed by atoms with E-state index >= 15 is 0 Å². The number of hydrogen-bond acceptors (Lipinski definition) is 3. The van der Waals surface area contributed by atoms with E-state index in [4.69, 9.17) is 10.5 Å². The minimum Gasteiger partial charge on any atom is -0.494 e. The highest BCUT2D eigenvalue weighted by molar-refractivity contribution is 5.92. The van der Waals surface area contributed by atoms with E-state index in [0.29, 0.717) is 19.6 Å². The maximum atomic E-state index is 12.1. The van der Waals surface area contributed by atoms with Gasteiger partial charge in [0.25, 0.3) is 0 Å². The number of benzene rings is 1. The number of ether oxygens (including phenoxy) is 1. The van der Waals surface area contributed by atoms with Crippen molar-refractivity contribution in [3.05, 3.63) is 23.8 Å². The van der Waals surface area contributed by atoms with Crippen LogP contribution >= 0.6 is 0 Å². The van der Waals surface area contributed by atoms with E-state index in [0.717, 1.165) is 29.8 Å². The summed E-state index contributed by atoms with van der Waals surface area (Å²) in [6.07, 6.45) is 3.85. The third kappa shape index (κ3) is 3.31. The zero-order valence-electron chi connectivity index (χ0n) is 12.4. The molecule has 1 aliphatic carbocycles. The van der Waals surface area contributed by atoms with Crippen molar-refractivity contribution in [2.75, 3.05) is 18.5 Å². The van der Waals surface area contributed by atoms with Crippen LogP contribution in [0.2, 0.25) is 0 Å². The number of nitrogens with two attached hydrogens (primary N) is 1. The van der Waals surface area contributed by atoms with Crippen LogP contribution in [0.3, 0.4) is 0 Å². The number of anilines is 1. The van der Waals surface area contributed by atoms with Crippen LogP contribution in [0.4, 0.5) is 5.69 Å². The molecule has 0 unspecified atom stereocenters. The highest BCUT2D eigenvalue weighted by Gasteiger charge is 2.37. The quantitative estimate of drug-likeness (QED) is 0.839. The van der Waals surface area contributed by atoms with Crippen LogP contribution in [-0.2, 0) is 4.79 Å². The van der Waals surface area contributed by atoms with Crippen molar-refractivity contribution in [2.45, 2.75) is 39.5 Å². The van der Waals surface area contributed by atoms with Crippen molar-refractivity contribution in [3.63, 3.8) is 0 Å². The molecule has 0 spiro atoms. The number of hydrogen-bond donors (Lipinski definition) is 2. The molecule has 1 fully saturated rings. The van der Waals surface area contributed by atoms with E-state index in [9.17, 15) is 4.79 Å². The number of nitrogens with one attached hydrogen (secondary N) is 1. The zero-order valence-corrected chi connectivity index (χ0v) is 12.4. The van der Waals surface area contributed by atoms with Gasteiger partial charge in [0.2, 0.25) is 5.91 Å². The van der Waals surface area contributed by atoms with Crippen LogP contribution < -0.4 is 15.8 Å². The average molecular weight is 276 g/mol. The smallest absolute Gasteiger partial charge is 0.224 e. The molecule has 110 valence electrons. The fourth-order valence-electron chi connectivity index (χ4n) is 2.70. The van der Waals surface area contributed by atoms with E-state index < -0.39 is 0 Å². The Morgan fingerprint density at radius 3 is 2.70 bits per heavy atom. The SMILES string of the molecule is CCOc1ccc(NC(=O)CC2(CN)CCC2)c(C)c1. The molecule has 2 rings (SSSR count). The summed E-state index contributed by atoms with van der Waals surface area (Å²) in [5.74, 6) is 0.892. The van der Waals surface area contributed by atoms with Crippen LogP contribution in [0, 0.1) is 12.3 Å². The Bertz CT molecular complexity index is 476. The molecule has 1 aliphatic rings. The number of carbonyl (C=O) groups excluding carboxylic acids is 1. The van der Waals surface area contributed by atoms with E-state index in [2.05, 4.69) is 5.32 Å². The lowest BCUT2D eigenvalue weighted by atomic mass is 9.66. The molecule has 20 heavy (non-hydrogen) atoms. The molecule has 3 N–H and O–H groups in total. The summed E-state index contributed by atoms with van der Waals surface area (Å²) in [5, 5.41) is 2.99. The molecule has 0 atom stereocenters. The molecule has 4 heteroatoms. The largest absolute Gasteiger partial charge is 0.494 e. The molecule has 1 saturated carbocycles. The molecule has 1 amide bonds. The Morgan fingerprint density at radius 2 is 2.20 bits per heavy atom. The molecular weight excluding hydrogens is 252 g/mol. The van der Waals surface area contributed by atoms with Crippen LogP contribution in [0.25, 0.3) is 0 Å². The molecule has 4 nitrogen and oxygen atoms in total. The number of carbonyl (C=O) groups is 1. The van der Waals surface area contributed by atoms with Crippen molar-refractivity contribution in [1.29, 1.82) is 0 Å². The second-order valence-corrected chi connectivity index (χ2v) is 5.69.